The molecule has 0 aromatic heterocycles. The van der Waals surface area contributed by atoms with E-state index in [1.807, 2.05) is 13.8 Å². The van der Waals surface area contributed by atoms with Crippen LogP contribution in [0.4, 0.5) is 23.2 Å². The number of alkyl halides is 3. The van der Waals surface area contributed by atoms with Crippen LogP contribution < -0.4 is 16.6 Å². The molecule has 0 saturated heterocycles. The van der Waals surface area contributed by atoms with Gasteiger partial charge in [-0.15, -0.1) is 0 Å². The van der Waals surface area contributed by atoms with Gasteiger partial charge in [-0.1, -0.05) is 13.8 Å². The highest BCUT2D eigenvalue weighted by molar-refractivity contribution is 5.91. The van der Waals surface area contributed by atoms with E-state index in [9.17, 15) is 22.4 Å². The molecule has 8 heteroatoms. The third kappa shape index (κ3) is 6.48. The van der Waals surface area contributed by atoms with Crippen molar-refractivity contribution >= 4 is 11.6 Å². The van der Waals surface area contributed by atoms with Gasteiger partial charge >= 0.3 is 6.18 Å². The van der Waals surface area contributed by atoms with Gasteiger partial charge in [0.2, 0.25) is 5.91 Å². The van der Waals surface area contributed by atoms with Crippen LogP contribution in [0.3, 0.4) is 0 Å². The standard InChI is InChI=1S/C10H11F4N3O.C2H6/c11-6-1-3-7(4-2-6)16-9(18)5-8(17-15)10(12,13)14;1-2/h1-4,8,17H,5,15H2,(H,16,18);1-2H3. The Balaban J connectivity index is 0.00000172. The molecule has 0 aliphatic rings. The second-order valence-electron chi connectivity index (χ2n) is 3.52. The van der Waals surface area contributed by atoms with Crippen LogP contribution in [-0.4, -0.2) is 18.1 Å². The van der Waals surface area contributed by atoms with E-state index in [4.69, 9.17) is 5.84 Å². The summed E-state index contributed by atoms with van der Waals surface area (Å²) in [4.78, 5) is 11.3. The fourth-order valence-electron chi connectivity index (χ4n) is 1.20. The summed E-state index contributed by atoms with van der Waals surface area (Å²) in [6.45, 7) is 4.00. The van der Waals surface area contributed by atoms with Gasteiger partial charge in [0.05, 0.1) is 6.42 Å². The number of hydrogen-bond acceptors (Lipinski definition) is 3. The molecule has 0 spiro atoms. The Hall–Kier alpha value is -1.67. The van der Waals surface area contributed by atoms with Gasteiger partial charge in [-0.05, 0) is 24.3 Å². The van der Waals surface area contributed by atoms with Gasteiger partial charge in [0.25, 0.3) is 0 Å². The zero-order valence-electron chi connectivity index (χ0n) is 11.1. The smallest absolute Gasteiger partial charge is 0.326 e. The number of nitrogens with two attached hydrogens (primary N) is 1. The van der Waals surface area contributed by atoms with E-state index in [2.05, 4.69) is 5.32 Å². The molecule has 0 fully saturated rings. The summed E-state index contributed by atoms with van der Waals surface area (Å²) >= 11 is 0. The summed E-state index contributed by atoms with van der Waals surface area (Å²) in [6.07, 6.45) is -5.48. The lowest BCUT2D eigenvalue weighted by molar-refractivity contribution is -0.160. The van der Waals surface area contributed by atoms with Crippen LogP contribution in [-0.2, 0) is 4.79 Å². The van der Waals surface area contributed by atoms with E-state index < -0.39 is 30.4 Å². The summed E-state index contributed by atoms with van der Waals surface area (Å²) < 4.78 is 49.5. The highest BCUT2D eigenvalue weighted by Crippen LogP contribution is 2.22. The largest absolute Gasteiger partial charge is 0.405 e. The monoisotopic (exact) mass is 295 g/mol. The Labute approximate surface area is 114 Å². The van der Waals surface area contributed by atoms with Crippen LogP contribution in [0.2, 0.25) is 0 Å². The maximum Gasteiger partial charge on any atom is 0.405 e. The third-order valence-corrected chi connectivity index (χ3v) is 2.11. The van der Waals surface area contributed by atoms with Crippen LogP contribution >= 0.6 is 0 Å². The molecule has 20 heavy (non-hydrogen) atoms. The van der Waals surface area contributed by atoms with E-state index in [0.29, 0.717) is 0 Å². The van der Waals surface area contributed by atoms with Gasteiger partial charge in [0.1, 0.15) is 11.9 Å². The van der Waals surface area contributed by atoms with E-state index in [0.717, 1.165) is 12.1 Å². The number of rotatable bonds is 4. The molecule has 1 rings (SSSR count). The first kappa shape index (κ1) is 18.3. The van der Waals surface area contributed by atoms with Gasteiger partial charge in [-0.25, -0.2) is 9.82 Å². The lowest BCUT2D eigenvalue weighted by Crippen LogP contribution is -2.47. The van der Waals surface area contributed by atoms with Crippen LogP contribution in [0.15, 0.2) is 24.3 Å². The fourth-order valence-corrected chi connectivity index (χ4v) is 1.20. The van der Waals surface area contributed by atoms with Gasteiger partial charge < -0.3 is 5.32 Å². The molecule has 1 aromatic rings. The molecular weight excluding hydrogens is 278 g/mol. The number of benzene rings is 1. The molecule has 114 valence electrons. The number of carbonyl (C=O) groups is 1. The molecule has 4 N–H and O–H groups in total. The Morgan fingerprint density at radius 2 is 1.75 bits per heavy atom. The maximum atomic E-state index is 12.6. The summed E-state index contributed by atoms with van der Waals surface area (Å²) in [5.41, 5.74) is 1.73. The molecule has 4 nitrogen and oxygen atoms in total. The molecule has 1 aromatic carbocycles. The lowest BCUT2D eigenvalue weighted by atomic mass is 10.2. The summed E-state index contributed by atoms with van der Waals surface area (Å²) in [7, 11) is 0. The minimum Gasteiger partial charge on any atom is -0.326 e. The van der Waals surface area contributed by atoms with Gasteiger partial charge in [0, 0.05) is 5.69 Å². The zero-order valence-corrected chi connectivity index (χ0v) is 11.1. The van der Waals surface area contributed by atoms with Crippen molar-refractivity contribution in [2.75, 3.05) is 5.32 Å². The van der Waals surface area contributed by atoms with Crippen molar-refractivity contribution in [1.82, 2.24) is 5.43 Å². The normalized spacial score (nSPS) is 12.2. The van der Waals surface area contributed by atoms with E-state index in [1.165, 1.54) is 17.6 Å². The summed E-state index contributed by atoms with van der Waals surface area (Å²) in [6, 6.07) is 2.52. The number of carbonyl (C=O) groups excluding carboxylic acids is 1. The highest BCUT2D eigenvalue weighted by atomic mass is 19.4. The van der Waals surface area contributed by atoms with E-state index in [1.54, 1.807) is 0 Å². The van der Waals surface area contributed by atoms with Crippen molar-refractivity contribution in [2.24, 2.45) is 5.84 Å². The van der Waals surface area contributed by atoms with E-state index in [-0.39, 0.29) is 5.69 Å². The van der Waals surface area contributed by atoms with Crippen molar-refractivity contribution in [3.8, 4) is 0 Å². The van der Waals surface area contributed by atoms with E-state index >= 15 is 0 Å². The maximum absolute atomic E-state index is 12.6. The average molecular weight is 295 g/mol. The minimum atomic E-state index is -4.62. The van der Waals surface area contributed by atoms with Crippen molar-refractivity contribution in [2.45, 2.75) is 32.5 Å². The predicted molar refractivity (Wildman–Crippen MR) is 68.2 cm³/mol. The third-order valence-electron chi connectivity index (χ3n) is 2.11. The first-order valence-electron chi connectivity index (χ1n) is 5.91. The highest BCUT2D eigenvalue weighted by Gasteiger charge is 2.40. The van der Waals surface area contributed by atoms with Crippen molar-refractivity contribution in [3.05, 3.63) is 30.1 Å². The predicted octanol–water partition coefficient (Wildman–Crippen LogP) is 2.57. The Morgan fingerprint density at radius 1 is 1.25 bits per heavy atom. The van der Waals surface area contributed by atoms with Crippen molar-refractivity contribution < 1.29 is 22.4 Å². The number of hydrogen-bond donors (Lipinski definition) is 3. The number of nitrogens with one attached hydrogen (secondary N) is 2. The molecule has 1 atom stereocenters. The molecule has 0 radical (unpaired) electrons. The second kappa shape index (κ2) is 8.49. The second-order valence-corrected chi connectivity index (χ2v) is 3.52. The first-order chi connectivity index (χ1) is 9.32. The number of hydrazine groups is 1. The topological polar surface area (TPSA) is 67.1 Å². The summed E-state index contributed by atoms with van der Waals surface area (Å²) in [5, 5.41) is 2.20. The van der Waals surface area contributed by atoms with Crippen molar-refractivity contribution in [3.63, 3.8) is 0 Å². The molecule has 1 unspecified atom stereocenters. The Kier molecular flexibility index (Phi) is 7.78. The number of halogens is 4. The van der Waals surface area contributed by atoms with Crippen LogP contribution in [0, 0.1) is 5.82 Å². The molecule has 1 amide bonds. The van der Waals surface area contributed by atoms with Gasteiger partial charge in [-0.2, -0.15) is 13.2 Å². The molecular formula is C12H17F4N3O. The lowest BCUT2D eigenvalue weighted by Gasteiger charge is -2.18. The van der Waals surface area contributed by atoms with Crippen LogP contribution in [0.1, 0.15) is 20.3 Å². The molecule has 0 aliphatic carbocycles. The number of amides is 1. The molecule has 0 heterocycles. The van der Waals surface area contributed by atoms with Crippen LogP contribution in [0.25, 0.3) is 0 Å². The fraction of sp³-hybridized carbons (Fsp3) is 0.417. The first-order valence-corrected chi connectivity index (χ1v) is 5.91. The number of anilines is 1. The Bertz CT molecular complexity index is 406. The van der Waals surface area contributed by atoms with Gasteiger partial charge in [0.15, 0.2) is 0 Å². The average Bonchev–Trinajstić information content (AvgIpc) is 2.39. The van der Waals surface area contributed by atoms with Crippen molar-refractivity contribution in [1.29, 1.82) is 0 Å². The quantitative estimate of drug-likeness (QED) is 0.454. The molecule has 0 bridgehead atoms. The molecule has 0 saturated carbocycles. The Morgan fingerprint density at radius 3 is 2.15 bits per heavy atom. The SMILES string of the molecule is CC.NNC(CC(=O)Nc1ccc(F)cc1)C(F)(F)F. The van der Waals surface area contributed by atoms with Gasteiger partial charge in [-0.3, -0.25) is 10.6 Å². The minimum absolute atomic E-state index is 0.208. The molecule has 0 aliphatic heterocycles. The zero-order chi connectivity index (χ0) is 15.8. The summed E-state index contributed by atoms with van der Waals surface area (Å²) in [5.74, 6) is 3.34. The van der Waals surface area contributed by atoms with Crippen LogP contribution in [0.5, 0.6) is 0 Å².